The Morgan fingerprint density at radius 3 is 2.82 bits per heavy atom. The number of thioether (sulfide) groups is 2. The first-order valence-corrected chi connectivity index (χ1v) is 10.4. The Morgan fingerprint density at radius 2 is 2.04 bits per heavy atom. The van der Waals surface area contributed by atoms with E-state index in [1.54, 1.807) is 4.68 Å². The molecule has 7 nitrogen and oxygen atoms in total. The topological polar surface area (TPSA) is 96.5 Å². The van der Waals surface area contributed by atoms with Gasteiger partial charge in [-0.15, -0.1) is 16.9 Å². The van der Waals surface area contributed by atoms with E-state index in [1.165, 1.54) is 23.5 Å². The molecule has 2 aromatic carbocycles. The van der Waals surface area contributed by atoms with Gasteiger partial charge in [-0.2, -0.15) is 9.94 Å². The highest BCUT2D eigenvalue weighted by Crippen LogP contribution is 2.27. The molecular weight excluding hydrogens is 392 g/mol. The van der Waals surface area contributed by atoms with Crippen LogP contribution in [0.5, 0.6) is 0 Å². The lowest BCUT2D eigenvalue weighted by atomic mass is 10.1. The molecule has 0 unspecified atom stereocenters. The molecule has 0 aliphatic carbocycles. The standard InChI is InChI=1S/C19H18N6OS2/c1-13-7-8-16(14(2)11-13)25-19(22-23-24-25)28-12-18(26)21-15-5-3-4-6-17(15)27-10-9-20/h3-8,11H,10,12H2,1-2H3,(H,21,26). The van der Waals surface area contributed by atoms with Gasteiger partial charge in [-0.3, -0.25) is 4.79 Å². The molecule has 0 aliphatic heterocycles. The second-order valence-electron chi connectivity index (χ2n) is 5.94. The van der Waals surface area contributed by atoms with E-state index >= 15 is 0 Å². The molecule has 1 aromatic heterocycles. The lowest BCUT2D eigenvalue weighted by Gasteiger charge is -2.10. The number of aryl methyl sites for hydroxylation is 2. The van der Waals surface area contributed by atoms with Gasteiger partial charge in [0.1, 0.15) is 0 Å². The number of hydrogen-bond acceptors (Lipinski definition) is 7. The number of nitrogens with one attached hydrogen (secondary N) is 1. The number of aromatic nitrogens is 4. The molecule has 1 N–H and O–H groups in total. The normalized spacial score (nSPS) is 10.5. The zero-order chi connectivity index (χ0) is 19.9. The Labute approximate surface area is 171 Å². The van der Waals surface area contributed by atoms with E-state index in [4.69, 9.17) is 5.26 Å². The molecule has 0 bridgehead atoms. The molecule has 142 valence electrons. The van der Waals surface area contributed by atoms with Crippen molar-refractivity contribution in [3.8, 4) is 11.8 Å². The smallest absolute Gasteiger partial charge is 0.234 e. The van der Waals surface area contributed by atoms with Crippen LogP contribution in [0.15, 0.2) is 52.5 Å². The summed E-state index contributed by atoms with van der Waals surface area (Å²) in [6, 6.07) is 15.5. The van der Waals surface area contributed by atoms with Crippen LogP contribution < -0.4 is 5.32 Å². The summed E-state index contributed by atoms with van der Waals surface area (Å²) in [5, 5.41) is 24.0. The number of carbonyl (C=O) groups excluding carboxylic acids is 1. The number of hydrogen-bond donors (Lipinski definition) is 1. The average molecular weight is 411 g/mol. The maximum absolute atomic E-state index is 12.4. The number of nitrogens with zero attached hydrogens (tertiary/aromatic N) is 5. The van der Waals surface area contributed by atoms with E-state index in [0.29, 0.717) is 16.6 Å². The van der Waals surface area contributed by atoms with Crippen molar-refractivity contribution in [3.63, 3.8) is 0 Å². The zero-order valence-electron chi connectivity index (χ0n) is 15.4. The van der Waals surface area contributed by atoms with Crippen molar-refractivity contribution >= 4 is 35.1 Å². The monoisotopic (exact) mass is 410 g/mol. The van der Waals surface area contributed by atoms with Crippen LogP contribution in [0, 0.1) is 25.2 Å². The minimum absolute atomic E-state index is 0.162. The Bertz CT molecular complexity index is 1030. The third-order valence-corrected chi connectivity index (χ3v) is 5.67. The van der Waals surface area contributed by atoms with Crippen molar-refractivity contribution in [1.29, 1.82) is 5.26 Å². The number of amides is 1. The number of anilines is 1. The van der Waals surface area contributed by atoms with E-state index < -0.39 is 0 Å². The van der Waals surface area contributed by atoms with Gasteiger partial charge in [0.2, 0.25) is 11.1 Å². The van der Waals surface area contributed by atoms with E-state index in [0.717, 1.165) is 21.7 Å². The van der Waals surface area contributed by atoms with Crippen LogP contribution in [-0.4, -0.2) is 37.6 Å². The van der Waals surface area contributed by atoms with Crippen molar-refractivity contribution < 1.29 is 4.79 Å². The first-order chi connectivity index (χ1) is 13.6. The molecule has 0 fully saturated rings. The van der Waals surface area contributed by atoms with Crippen molar-refractivity contribution in [1.82, 2.24) is 20.2 Å². The van der Waals surface area contributed by atoms with Crippen LogP contribution in [0.2, 0.25) is 0 Å². The summed E-state index contributed by atoms with van der Waals surface area (Å²) >= 11 is 2.66. The molecule has 0 spiro atoms. The summed E-state index contributed by atoms with van der Waals surface area (Å²) in [5.74, 6) is 0.333. The fourth-order valence-corrected chi connectivity index (χ4v) is 3.94. The predicted octanol–water partition coefficient (Wildman–Crippen LogP) is 3.63. The quantitative estimate of drug-likeness (QED) is 0.594. The summed E-state index contributed by atoms with van der Waals surface area (Å²) < 4.78 is 1.64. The molecule has 9 heteroatoms. The summed E-state index contributed by atoms with van der Waals surface area (Å²) in [6.45, 7) is 4.03. The SMILES string of the molecule is Cc1ccc(-n2nnnc2SCC(=O)Nc2ccccc2SCC#N)c(C)c1. The average Bonchev–Trinajstić information content (AvgIpc) is 3.14. The second kappa shape index (κ2) is 9.39. The van der Waals surface area contributed by atoms with Gasteiger partial charge in [-0.1, -0.05) is 41.6 Å². The Morgan fingerprint density at radius 1 is 1.21 bits per heavy atom. The molecule has 1 heterocycles. The number of benzene rings is 2. The largest absolute Gasteiger partial charge is 0.324 e. The minimum Gasteiger partial charge on any atom is -0.324 e. The van der Waals surface area contributed by atoms with Crippen LogP contribution in [0.1, 0.15) is 11.1 Å². The van der Waals surface area contributed by atoms with Gasteiger partial charge in [0.25, 0.3) is 0 Å². The summed E-state index contributed by atoms with van der Waals surface area (Å²) in [7, 11) is 0. The van der Waals surface area contributed by atoms with E-state index in [9.17, 15) is 4.79 Å². The highest BCUT2D eigenvalue weighted by Gasteiger charge is 2.14. The summed E-state index contributed by atoms with van der Waals surface area (Å²) in [6.07, 6.45) is 0. The molecular formula is C19H18N6OS2. The third kappa shape index (κ3) is 4.91. The number of tetrazole rings is 1. The van der Waals surface area contributed by atoms with Crippen LogP contribution in [-0.2, 0) is 4.79 Å². The Balaban J connectivity index is 1.67. The first-order valence-electron chi connectivity index (χ1n) is 8.46. The molecule has 0 saturated heterocycles. The van der Waals surface area contributed by atoms with Gasteiger partial charge in [0, 0.05) is 4.90 Å². The maximum Gasteiger partial charge on any atom is 0.234 e. The van der Waals surface area contributed by atoms with Gasteiger partial charge >= 0.3 is 0 Å². The first kappa shape index (κ1) is 19.9. The molecule has 0 atom stereocenters. The lowest BCUT2D eigenvalue weighted by molar-refractivity contribution is -0.113. The van der Waals surface area contributed by atoms with Crippen molar-refractivity contribution in [2.75, 3.05) is 16.8 Å². The van der Waals surface area contributed by atoms with Gasteiger partial charge in [0.15, 0.2) is 0 Å². The summed E-state index contributed by atoms with van der Waals surface area (Å²) in [5.41, 5.74) is 3.80. The van der Waals surface area contributed by atoms with Crippen LogP contribution in [0.25, 0.3) is 5.69 Å². The second-order valence-corrected chi connectivity index (χ2v) is 7.90. The van der Waals surface area contributed by atoms with Crippen molar-refractivity contribution in [2.45, 2.75) is 23.9 Å². The van der Waals surface area contributed by atoms with Crippen LogP contribution in [0.3, 0.4) is 0 Å². The lowest BCUT2D eigenvalue weighted by Crippen LogP contribution is -2.15. The highest BCUT2D eigenvalue weighted by molar-refractivity contribution is 8.00. The van der Waals surface area contributed by atoms with Gasteiger partial charge in [0.05, 0.1) is 28.9 Å². The van der Waals surface area contributed by atoms with Crippen molar-refractivity contribution in [3.05, 3.63) is 53.6 Å². The zero-order valence-corrected chi connectivity index (χ0v) is 17.0. The Hall–Kier alpha value is -2.83. The minimum atomic E-state index is -0.162. The van der Waals surface area contributed by atoms with Gasteiger partial charge in [-0.05, 0) is 48.0 Å². The highest BCUT2D eigenvalue weighted by atomic mass is 32.2. The van der Waals surface area contributed by atoms with Gasteiger partial charge < -0.3 is 5.32 Å². The summed E-state index contributed by atoms with van der Waals surface area (Å²) in [4.78, 5) is 13.3. The van der Waals surface area contributed by atoms with E-state index in [2.05, 4.69) is 33.0 Å². The van der Waals surface area contributed by atoms with Gasteiger partial charge in [-0.25, -0.2) is 0 Å². The van der Waals surface area contributed by atoms with E-state index in [1.807, 2.05) is 50.2 Å². The number of nitriles is 1. The molecule has 0 aliphatic rings. The van der Waals surface area contributed by atoms with Crippen molar-refractivity contribution in [2.24, 2.45) is 0 Å². The molecule has 3 aromatic rings. The number of rotatable bonds is 7. The number of para-hydroxylation sites is 1. The molecule has 28 heavy (non-hydrogen) atoms. The fourth-order valence-electron chi connectivity index (χ4n) is 2.59. The van der Waals surface area contributed by atoms with E-state index in [-0.39, 0.29) is 11.7 Å². The Kier molecular flexibility index (Phi) is 6.68. The maximum atomic E-state index is 12.4. The van der Waals surface area contributed by atoms with Crippen LogP contribution in [0.4, 0.5) is 5.69 Å². The fraction of sp³-hybridized carbons (Fsp3) is 0.211. The molecule has 1 amide bonds. The number of carbonyl (C=O) groups is 1. The molecule has 0 saturated carbocycles. The predicted molar refractivity (Wildman–Crippen MR) is 111 cm³/mol. The molecule has 3 rings (SSSR count). The van der Waals surface area contributed by atoms with Crippen LogP contribution >= 0.6 is 23.5 Å². The molecule has 0 radical (unpaired) electrons. The third-order valence-electron chi connectivity index (χ3n) is 3.81.